The summed E-state index contributed by atoms with van der Waals surface area (Å²) in [5.41, 5.74) is 0.522. The number of ether oxygens (including phenoxy) is 1. The minimum atomic E-state index is -3.55. The molecule has 5 nitrogen and oxygen atoms in total. The molecule has 2 heterocycles. The first-order chi connectivity index (χ1) is 9.60. The highest BCUT2D eigenvalue weighted by Crippen LogP contribution is 2.26. The number of sulfonamides is 1. The molecular formula is C14H16N2O3S. The summed E-state index contributed by atoms with van der Waals surface area (Å²) in [6.07, 6.45) is 1.62. The first-order valence-electron chi connectivity index (χ1n) is 6.54. The highest BCUT2D eigenvalue weighted by molar-refractivity contribution is 7.89. The van der Waals surface area contributed by atoms with Crippen molar-refractivity contribution in [2.24, 2.45) is 0 Å². The van der Waals surface area contributed by atoms with Crippen LogP contribution in [0.2, 0.25) is 0 Å². The summed E-state index contributed by atoms with van der Waals surface area (Å²) >= 11 is 0. The summed E-state index contributed by atoms with van der Waals surface area (Å²) in [6.45, 7) is 3.10. The van der Waals surface area contributed by atoms with Crippen LogP contribution in [-0.4, -0.2) is 43.5 Å². The van der Waals surface area contributed by atoms with Crippen LogP contribution in [0.3, 0.4) is 0 Å². The molecule has 6 heteroatoms. The smallest absolute Gasteiger partial charge is 0.245 e. The predicted molar refractivity (Wildman–Crippen MR) is 75.9 cm³/mol. The summed E-state index contributed by atoms with van der Waals surface area (Å²) in [5.74, 6) is 0. The zero-order valence-corrected chi connectivity index (χ0v) is 12.0. The monoisotopic (exact) mass is 292 g/mol. The second-order valence-corrected chi connectivity index (χ2v) is 6.73. The van der Waals surface area contributed by atoms with Crippen LogP contribution in [0.1, 0.15) is 6.92 Å². The molecule has 0 radical (unpaired) electrons. The number of fused-ring (bicyclic) bond motifs is 1. The van der Waals surface area contributed by atoms with E-state index in [9.17, 15) is 8.42 Å². The van der Waals surface area contributed by atoms with Gasteiger partial charge < -0.3 is 4.74 Å². The van der Waals surface area contributed by atoms with Crippen LogP contribution in [0.25, 0.3) is 10.9 Å². The van der Waals surface area contributed by atoms with Crippen molar-refractivity contribution in [1.82, 2.24) is 9.29 Å². The second kappa shape index (κ2) is 5.12. The van der Waals surface area contributed by atoms with Gasteiger partial charge in [0.15, 0.2) is 0 Å². The van der Waals surface area contributed by atoms with Gasteiger partial charge in [0.2, 0.25) is 10.0 Å². The van der Waals surface area contributed by atoms with Gasteiger partial charge in [-0.3, -0.25) is 4.98 Å². The molecule has 2 aromatic rings. The maximum atomic E-state index is 12.8. The van der Waals surface area contributed by atoms with Crippen LogP contribution >= 0.6 is 0 Å². The fraction of sp³-hybridized carbons (Fsp3) is 0.357. The lowest BCUT2D eigenvalue weighted by molar-refractivity contribution is 0.0393. The molecule has 106 valence electrons. The van der Waals surface area contributed by atoms with Gasteiger partial charge in [-0.05, 0) is 19.1 Å². The lowest BCUT2D eigenvalue weighted by Gasteiger charge is -2.32. The highest BCUT2D eigenvalue weighted by Gasteiger charge is 2.32. The molecule has 1 aromatic carbocycles. The Morgan fingerprint density at radius 1 is 1.30 bits per heavy atom. The Balaban J connectivity index is 2.14. The molecule has 1 unspecified atom stereocenters. The maximum absolute atomic E-state index is 12.8. The van der Waals surface area contributed by atoms with Crippen LogP contribution in [-0.2, 0) is 14.8 Å². The van der Waals surface area contributed by atoms with Crippen LogP contribution in [0.5, 0.6) is 0 Å². The third kappa shape index (κ3) is 2.19. The molecule has 20 heavy (non-hydrogen) atoms. The van der Waals surface area contributed by atoms with Gasteiger partial charge in [-0.15, -0.1) is 0 Å². The van der Waals surface area contributed by atoms with Gasteiger partial charge in [-0.1, -0.05) is 18.2 Å². The number of benzene rings is 1. The van der Waals surface area contributed by atoms with E-state index in [2.05, 4.69) is 4.98 Å². The Labute approximate surface area is 118 Å². The molecule has 0 spiro atoms. The highest BCUT2D eigenvalue weighted by atomic mass is 32.2. The largest absolute Gasteiger partial charge is 0.378 e. The molecule has 1 fully saturated rings. The van der Waals surface area contributed by atoms with Crippen molar-refractivity contribution in [3.63, 3.8) is 0 Å². The number of pyridine rings is 1. The molecule has 1 atom stereocenters. The summed E-state index contributed by atoms with van der Waals surface area (Å²) in [4.78, 5) is 4.50. The Morgan fingerprint density at radius 3 is 2.90 bits per heavy atom. The van der Waals surface area contributed by atoms with Crippen LogP contribution in [0.4, 0.5) is 0 Å². The topological polar surface area (TPSA) is 59.5 Å². The van der Waals surface area contributed by atoms with Crippen molar-refractivity contribution >= 4 is 20.9 Å². The normalized spacial score (nSPS) is 21.1. The van der Waals surface area contributed by atoms with E-state index >= 15 is 0 Å². The van der Waals surface area contributed by atoms with E-state index in [1.165, 1.54) is 4.31 Å². The Morgan fingerprint density at radius 2 is 2.10 bits per heavy atom. The summed E-state index contributed by atoms with van der Waals surface area (Å²) < 4.78 is 32.5. The number of nitrogens with zero attached hydrogens (tertiary/aromatic N) is 2. The second-order valence-electron chi connectivity index (χ2n) is 4.87. The van der Waals surface area contributed by atoms with Gasteiger partial charge in [0.25, 0.3) is 0 Å². The number of hydrogen-bond donors (Lipinski definition) is 0. The van der Waals surface area contributed by atoms with Crippen molar-refractivity contribution in [1.29, 1.82) is 0 Å². The molecule has 0 aliphatic carbocycles. The molecule has 0 saturated carbocycles. The molecule has 1 aromatic heterocycles. The Hall–Kier alpha value is -1.50. The number of rotatable bonds is 2. The van der Waals surface area contributed by atoms with Gasteiger partial charge in [-0.25, -0.2) is 8.42 Å². The van der Waals surface area contributed by atoms with E-state index in [1.807, 2.05) is 19.1 Å². The molecule has 1 aliphatic rings. The van der Waals surface area contributed by atoms with Gasteiger partial charge >= 0.3 is 0 Å². The number of hydrogen-bond acceptors (Lipinski definition) is 4. The van der Waals surface area contributed by atoms with E-state index in [0.717, 1.165) is 5.39 Å². The fourth-order valence-electron chi connectivity index (χ4n) is 2.48. The van der Waals surface area contributed by atoms with Crippen molar-refractivity contribution in [2.45, 2.75) is 17.9 Å². The standard InChI is InChI=1S/C14H16N2O3S/c1-11-10-19-9-8-16(11)20(17,18)13-6-2-4-12-5-3-7-15-14(12)13/h2-7,11H,8-10H2,1H3. The summed E-state index contributed by atoms with van der Waals surface area (Å²) in [7, 11) is -3.55. The average molecular weight is 292 g/mol. The van der Waals surface area contributed by atoms with Gasteiger partial charge in [0, 0.05) is 24.2 Å². The van der Waals surface area contributed by atoms with Crippen molar-refractivity contribution in [2.75, 3.05) is 19.8 Å². The summed E-state index contributed by atoms with van der Waals surface area (Å²) in [5, 5.41) is 0.828. The number of aromatic nitrogens is 1. The van der Waals surface area contributed by atoms with Gasteiger partial charge in [0.05, 0.1) is 18.7 Å². The van der Waals surface area contributed by atoms with E-state index in [1.54, 1.807) is 24.4 Å². The third-order valence-electron chi connectivity index (χ3n) is 3.49. The molecule has 1 saturated heterocycles. The SMILES string of the molecule is CC1COCCN1S(=O)(=O)c1cccc2cccnc12. The molecule has 3 rings (SSSR count). The number of morpholine rings is 1. The minimum Gasteiger partial charge on any atom is -0.378 e. The molecule has 0 amide bonds. The van der Waals surface area contributed by atoms with Gasteiger partial charge in [-0.2, -0.15) is 4.31 Å². The lowest BCUT2D eigenvalue weighted by Crippen LogP contribution is -2.47. The minimum absolute atomic E-state index is 0.160. The zero-order valence-electron chi connectivity index (χ0n) is 11.2. The van der Waals surface area contributed by atoms with Crippen LogP contribution < -0.4 is 0 Å². The van der Waals surface area contributed by atoms with Crippen LogP contribution in [0, 0.1) is 0 Å². The maximum Gasteiger partial charge on any atom is 0.245 e. The molecule has 1 aliphatic heterocycles. The lowest BCUT2D eigenvalue weighted by atomic mass is 10.2. The van der Waals surface area contributed by atoms with E-state index in [0.29, 0.717) is 25.3 Å². The first-order valence-corrected chi connectivity index (χ1v) is 7.98. The molecule has 0 bridgehead atoms. The van der Waals surface area contributed by atoms with Gasteiger partial charge in [0.1, 0.15) is 4.90 Å². The third-order valence-corrected chi connectivity index (χ3v) is 5.53. The molecule has 0 N–H and O–H groups in total. The summed E-state index contributed by atoms with van der Waals surface area (Å²) in [6, 6.07) is 8.74. The zero-order chi connectivity index (χ0) is 14.2. The van der Waals surface area contributed by atoms with Crippen molar-refractivity contribution in [3.8, 4) is 0 Å². The van der Waals surface area contributed by atoms with Crippen molar-refractivity contribution in [3.05, 3.63) is 36.5 Å². The Bertz CT molecular complexity index is 725. The van der Waals surface area contributed by atoms with E-state index in [-0.39, 0.29) is 10.9 Å². The fourth-order valence-corrected chi connectivity index (χ4v) is 4.25. The average Bonchev–Trinajstić information content (AvgIpc) is 2.47. The van der Waals surface area contributed by atoms with Crippen LogP contribution in [0.15, 0.2) is 41.4 Å². The quantitative estimate of drug-likeness (QED) is 0.844. The van der Waals surface area contributed by atoms with E-state index in [4.69, 9.17) is 4.74 Å². The van der Waals surface area contributed by atoms with Crippen molar-refractivity contribution < 1.29 is 13.2 Å². The molecular weight excluding hydrogens is 276 g/mol. The Kier molecular flexibility index (Phi) is 3.45. The predicted octanol–water partition coefficient (Wildman–Crippen LogP) is 1.64. The van der Waals surface area contributed by atoms with E-state index < -0.39 is 10.0 Å². The first kappa shape index (κ1) is 13.5. The number of para-hydroxylation sites is 1.